The highest BCUT2D eigenvalue weighted by Crippen LogP contribution is 2.30. The van der Waals surface area contributed by atoms with Crippen LogP contribution in [0.1, 0.15) is 58.3 Å². The fourth-order valence-electron chi connectivity index (χ4n) is 2.99. The summed E-state index contributed by atoms with van der Waals surface area (Å²) >= 11 is 0. The molecule has 2 N–H and O–H groups in total. The van der Waals surface area contributed by atoms with E-state index in [1.165, 1.54) is 19.3 Å². The first kappa shape index (κ1) is 16.9. The Morgan fingerprint density at radius 3 is 2.45 bits per heavy atom. The van der Waals surface area contributed by atoms with E-state index >= 15 is 0 Å². The zero-order valence-electron chi connectivity index (χ0n) is 12.2. The lowest BCUT2D eigenvalue weighted by atomic mass is 9.81. The summed E-state index contributed by atoms with van der Waals surface area (Å²) in [4.78, 5) is 22.9. The van der Waals surface area contributed by atoms with E-state index in [1.54, 1.807) is 0 Å². The normalized spacial score (nSPS) is 19.3. The molecule has 0 aliphatic heterocycles. The summed E-state index contributed by atoms with van der Waals surface area (Å²) in [6, 6.07) is -1.41. The Bertz CT molecular complexity index is 316. The third kappa shape index (κ3) is 5.47. The molecular weight excluding hydrogens is 261 g/mol. The number of amides is 1. The lowest BCUT2D eigenvalue weighted by Gasteiger charge is -2.26. The number of carbonyl (C=O) groups is 2. The molecule has 0 saturated heterocycles. The van der Waals surface area contributed by atoms with Crippen molar-refractivity contribution in [3.05, 3.63) is 0 Å². The molecule has 0 radical (unpaired) electrons. The zero-order chi connectivity index (χ0) is 15.0. The lowest BCUT2D eigenvalue weighted by molar-refractivity contribution is -0.143. The van der Waals surface area contributed by atoms with Crippen LogP contribution in [0.5, 0.6) is 0 Å². The van der Waals surface area contributed by atoms with Crippen LogP contribution in [-0.4, -0.2) is 29.7 Å². The van der Waals surface area contributed by atoms with Crippen LogP contribution in [0.2, 0.25) is 0 Å². The first-order valence-electron chi connectivity index (χ1n) is 7.67. The van der Waals surface area contributed by atoms with Crippen molar-refractivity contribution in [1.29, 1.82) is 0 Å². The van der Waals surface area contributed by atoms with E-state index in [0.29, 0.717) is 5.92 Å². The molecule has 4 nitrogen and oxygen atoms in total. The van der Waals surface area contributed by atoms with Crippen molar-refractivity contribution in [1.82, 2.24) is 5.32 Å². The van der Waals surface area contributed by atoms with Crippen molar-refractivity contribution in [2.75, 3.05) is 6.67 Å². The van der Waals surface area contributed by atoms with Gasteiger partial charge in [0, 0.05) is 5.92 Å². The van der Waals surface area contributed by atoms with Gasteiger partial charge in [-0.3, -0.25) is 4.79 Å². The van der Waals surface area contributed by atoms with Crippen LogP contribution < -0.4 is 5.32 Å². The van der Waals surface area contributed by atoms with Crippen LogP contribution in [0.3, 0.4) is 0 Å². The average molecular weight is 287 g/mol. The molecule has 1 aliphatic carbocycles. The fraction of sp³-hybridized carbons (Fsp3) is 0.867. The quantitative estimate of drug-likeness (QED) is 0.721. The van der Waals surface area contributed by atoms with Crippen LogP contribution in [0, 0.1) is 11.8 Å². The number of halogens is 1. The van der Waals surface area contributed by atoms with Gasteiger partial charge in [0.05, 0.1) is 0 Å². The van der Waals surface area contributed by atoms with E-state index < -0.39 is 18.7 Å². The molecular formula is C15H26FNO3. The second-order valence-corrected chi connectivity index (χ2v) is 5.78. The number of hydrogen-bond acceptors (Lipinski definition) is 2. The zero-order valence-corrected chi connectivity index (χ0v) is 12.2. The highest BCUT2D eigenvalue weighted by molar-refractivity contribution is 5.85. The summed E-state index contributed by atoms with van der Waals surface area (Å²) in [6.07, 6.45) is 8.42. The Kier molecular flexibility index (Phi) is 7.55. The third-order valence-electron chi connectivity index (χ3n) is 4.12. The number of nitrogens with one attached hydrogen (secondary N) is 1. The molecule has 1 rings (SSSR count). The molecule has 0 spiro atoms. The van der Waals surface area contributed by atoms with Gasteiger partial charge < -0.3 is 10.4 Å². The minimum absolute atomic E-state index is 0.184. The molecule has 20 heavy (non-hydrogen) atoms. The predicted octanol–water partition coefficient (Wildman–Crippen LogP) is 2.91. The molecule has 0 aromatic heterocycles. The van der Waals surface area contributed by atoms with Gasteiger partial charge in [-0.1, -0.05) is 45.4 Å². The van der Waals surface area contributed by atoms with Crippen LogP contribution >= 0.6 is 0 Å². The molecule has 1 amide bonds. The van der Waals surface area contributed by atoms with Gasteiger partial charge in [-0.05, 0) is 18.8 Å². The summed E-state index contributed by atoms with van der Waals surface area (Å²) in [7, 11) is 0. The lowest BCUT2D eigenvalue weighted by Crippen LogP contribution is -2.45. The maximum Gasteiger partial charge on any atom is 0.328 e. The minimum atomic E-state index is -1.41. The number of alkyl halides is 1. The second-order valence-electron chi connectivity index (χ2n) is 5.78. The summed E-state index contributed by atoms with van der Waals surface area (Å²) in [5.41, 5.74) is 0. The third-order valence-corrected chi connectivity index (χ3v) is 4.12. The molecule has 5 heteroatoms. The van der Waals surface area contributed by atoms with E-state index in [-0.39, 0.29) is 11.8 Å². The van der Waals surface area contributed by atoms with Crippen LogP contribution in [0.25, 0.3) is 0 Å². The number of carboxylic acids is 1. The van der Waals surface area contributed by atoms with Gasteiger partial charge in [-0.2, -0.15) is 0 Å². The van der Waals surface area contributed by atoms with Crippen LogP contribution in [0.15, 0.2) is 0 Å². The molecule has 0 heterocycles. The first-order valence-corrected chi connectivity index (χ1v) is 7.67. The van der Waals surface area contributed by atoms with Gasteiger partial charge >= 0.3 is 5.97 Å². The van der Waals surface area contributed by atoms with E-state index in [4.69, 9.17) is 5.11 Å². The van der Waals surface area contributed by atoms with Crippen molar-refractivity contribution in [3.63, 3.8) is 0 Å². The molecule has 0 aromatic carbocycles. The Labute approximate surface area is 120 Å². The fourth-order valence-corrected chi connectivity index (χ4v) is 2.99. The minimum Gasteiger partial charge on any atom is -0.480 e. The van der Waals surface area contributed by atoms with Gasteiger partial charge in [0.25, 0.3) is 0 Å². The number of carbonyl (C=O) groups excluding carboxylic acids is 1. The Balaban J connectivity index is 2.54. The Hall–Kier alpha value is -1.13. The van der Waals surface area contributed by atoms with Crippen molar-refractivity contribution in [3.8, 4) is 0 Å². The van der Waals surface area contributed by atoms with Gasteiger partial charge in [-0.25, -0.2) is 9.18 Å². The molecule has 116 valence electrons. The number of rotatable bonds is 8. The van der Waals surface area contributed by atoms with Crippen LogP contribution in [0.4, 0.5) is 4.39 Å². The van der Waals surface area contributed by atoms with Crippen molar-refractivity contribution in [2.45, 2.75) is 64.3 Å². The van der Waals surface area contributed by atoms with Crippen LogP contribution in [-0.2, 0) is 9.59 Å². The first-order chi connectivity index (χ1) is 9.58. The largest absolute Gasteiger partial charge is 0.480 e. The maximum absolute atomic E-state index is 12.6. The molecule has 1 fully saturated rings. The van der Waals surface area contributed by atoms with E-state index in [1.807, 2.05) is 6.92 Å². The smallest absolute Gasteiger partial charge is 0.328 e. The number of hydrogen-bond donors (Lipinski definition) is 2. The molecule has 0 aromatic rings. The Morgan fingerprint density at radius 2 is 1.95 bits per heavy atom. The summed E-state index contributed by atoms with van der Waals surface area (Å²) in [5, 5.41) is 11.1. The Morgan fingerprint density at radius 1 is 1.30 bits per heavy atom. The van der Waals surface area contributed by atoms with E-state index in [9.17, 15) is 14.0 Å². The maximum atomic E-state index is 12.6. The highest BCUT2D eigenvalue weighted by Gasteiger charge is 2.27. The summed E-state index contributed by atoms with van der Waals surface area (Å²) in [6.45, 7) is 0.939. The average Bonchev–Trinajstić information content (AvgIpc) is 2.44. The van der Waals surface area contributed by atoms with Gasteiger partial charge in [-0.15, -0.1) is 0 Å². The highest BCUT2D eigenvalue weighted by atomic mass is 19.1. The predicted molar refractivity (Wildman–Crippen MR) is 75.1 cm³/mol. The second kappa shape index (κ2) is 8.93. The monoisotopic (exact) mass is 287 g/mol. The standard InChI is InChI=1S/C15H26FNO3/c1-2-6-12(9-11-7-4-3-5-8-11)14(18)17-13(10-16)15(19)20/h11-13H,2-10H2,1H3,(H,17,18)(H,19,20). The molecule has 2 unspecified atom stereocenters. The van der Waals surface area contributed by atoms with E-state index in [2.05, 4.69) is 5.32 Å². The topological polar surface area (TPSA) is 66.4 Å². The number of carboxylic acid groups (broad SMARTS) is 1. The molecule has 1 aliphatic rings. The summed E-state index contributed by atoms with van der Waals surface area (Å²) < 4.78 is 12.6. The van der Waals surface area contributed by atoms with Gasteiger partial charge in [0.1, 0.15) is 6.67 Å². The van der Waals surface area contributed by atoms with Crippen molar-refractivity contribution < 1.29 is 19.1 Å². The van der Waals surface area contributed by atoms with Gasteiger partial charge in [0.2, 0.25) is 5.91 Å². The SMILES string of the molecule is CCCC(CC1CCCCC1)C(=O)NC(CF)C(=O)O. The van der Waals surface area contributed by atoms with E-state index in [0.717, 1.165) is 32.1 Å². The van der Waals surface area contributed by atoms with Gasteiger partial charge in [0.15, 0.2) is 6.04 Å². The van der Waals surface area contributed by atoms with Crippen molar-refractivity contribution >= 4 is 11.9 Å². The molecule has 0 bridgehead atoms. The molecule has 1 saturated carbocycles. The van der Waals surface area contributed by atoms with Crippen molar-refractivity contribution in [2.24, 2.45) is 11.8 Å². The summed E-state index contributed by atoms with van der Waals surface area (Å²) in [5.74, 6) is -1.24. The molecule has 2 atom stereocenters. The number of aliphatic carboxylic acids is 1.